The maximum absolute atomic E-state index is 11.2. The van der Waals surface area contributed by atoms with E-state index in [1.54, 1.807) is 0 Å². The summed E-state index contributed by atoms with van der Waals surface area (Å²) in [5.74, 6) is 0. The Morgan fingerprint density at radius 2 is 1.50 bits per heavy atom. The van der Waals surface area contributed by atoms with Gasteiger partial charge in [0.1, 0.15) is 15.0 Å². The molecule has 0 aliphatic heterocycles. The molecule has 0 N–H and O–H groups in total. The van der Waals surface area contributed by atoms with Gasteiger partial charge in [0.2, 0.25) is 0 Å². The van der Waals surface area contributed by atoms with Crippen LogP contribution in [0.25, 0.3) is 0 Å². The largest absolute Gasteiger partial charge is 1.00 e. The molecule has 0 aliphatic carbocycles. The Labute approximate surface area is 106 Å². The molecule has 0 spiro atoms. The molecule has 0 amide bonds. The van der Waals surface area contributed by atoms with Crippen LogP contribution in [0.5, 0.6) is 0 Å². The standard InChI is InChI=1S/C7H8O6S2.Li/c1-13-15(11,12)7-5-3-2-4-6(7)14(8,9)10;/h2-5H,1H3,(H,8,9,10);/q;+1/p-1. The minimum atomic E-state index is -4.84. The first-order valence-corrected chi connectivity index (χ1v) is 6.46. The zero-order valence-corrected chi connectivity index (χ0v) is 10.2. The van der Waals surface area contributed by atoms with Crippen LogP contribution in [0.1, 0.15) is 0 Å². The molecular formula is C7H7LiO6S2. The molecule has 0 aliphatic rings. The Morgan fingerprint density at radius 3 is 1.88 bits per heavy atom. The average Bonchev–Trinajstić information content (AvgIpc) is 2.16. The Kier molecular flexibility index (Phi) is 5.19. The molecular weight excluding hydrogens is 251 g/mol. The fourth-order valence-corrected chi connectivity index (χ4v) is 2.86. The number of hydrogen-bond acceptors (Lipinski definition) is 6. The van der Waals surface area contributed by atoms with Gasteiger partial charge in [-0.15, -0.1) is 0 Å². The molecule has 9 heteroatoms. The van der Waals surface area contributed by atoms with Crippen molar-refractivity contribution in [2.75, 3.05) is 7.11 Å². The molecule has 16 heavy (non-hydrogen) atoms. The van der Waals surface area contributed by atoms with E-state index in [-0.39, 0.29) is 18.9 Å². The van der Waals surface area contributed by atoms with Gasteiger partial charge in [0.15, 0.2) is 0 Å². The Morgan fingerprint density at radius 1 is 1.06 bits per heavy atom. The third-order valence-corrected chi connectivity index (χ3v) is 3.96. The number of hydrogen-bond donors (Lipinski definition) is 0. The maximum atomic E-state index is 11.2. The molecule has 0 unspecified atom stereocenters. The normalized spacial score (nSPS) is 11.9. The molecule has 1 rings (SSSR count). The summed E-state index contributed by atoms with van der Waals surface area (Å²) < 4.78 is 58.8. The van der Waals surface area contributed by atoms with E-state index in [0.717, 1.165) is 19.2 Å². The summed E-state index contributed by atoms with van der Waals surface area (Å²) >= 11 is 0. The van der Waals surface area contributed by atoms with Crippen molar-refractivity contribution >= 4 is 20.2 Å². The van der Waals surface area contributed by atoms with Gasteiger partial charge in [-0.3, -0.25) is 4.18 Å². The topological polar surface area (TPSA) is 101 Å². The minimum absolute atomic E-state index is 0. The van der Waals surface area contributed by atoms with Crippen LogP contribution in [0.15, 0.2) is 34.1 Å². The van der Waals surface area contributed by atoms with Gasteiger partial charge in [0.25, 0.3) is 10.1 Å². The van der Waals surface area contributed by atoms with Gasteiger partial charge >= 0.3 is 18.9 Å². The third kappa shape index (κ3) is 3.31. The van der Waals surface area contributed by atoms with Gasteiger partial charge in [-0.1, -0.05) is 12.1 Å². The molecule has 0 saturated carbocycles. The van der Waals surface area contributed by atoms with E-state index in [1.807, 2.05) is 0 Å². The molecule has 0 fully saturated rings. The van der Waals surface area contributed by atoms with Crippen LogP contribution < -0.4 is 18.9 Å². The Balaban J connectivity index is 0.00000225. The van der Waals surface area contributed by atoms with Crippen molar-refractivity contribution in [1.82, 2.24) is 0 Å². The van der Waals surface area contributed by atoms with Gasteiger partial charge in [-0.25, -0.2) is 8.42 Å². The molecule has 84 valence electrons. The molecule has 0 radical (unpaired) electrons. The van der Waals surface area contributed by atoms with Crippen molar-refractivity contribution in [1.29, 1.82) is 0 Å². The molecule has 1 aromatic carbocycles. The predicted molar refractivity (Wildman–Crippen MR) is 48.6 cm³/mol. The summed E-state index contributed by atoms with van der Waals surface area (Å²) in [5, 5.41) is 0. The van der Waals surface area contributed by atoms with E-state index in [2.05, 4.69) is 4.18 Å². The van der Waals surface area contributed by atoms with E-state index in [4.69, 9.17) is 0 Å². The quantitative estimate of drug-likeness (QED) is 0.324. The first-order chi connectivity index (χ1) is 6.79. The second-order valence-electron chi connectivity index (χ2n) is 2.52. The minimum Gasteiger partial charge on any atom is -0.744 e. The van der Waals surface area contributed by atoms with Crippen molar-refractivity contribution in [3.63, 3.8) is 0 Å². The van der Waals surface area contributed by atoms with Crippen LogP contribution in [-0.2, 0) is 24.4 Å². The van der Waals surface area contributed by atoms with E-state index >= 15 is 0 Å². The van der Waals surface area contributed by atoms with Gasteiger partial charge in [0.05, 0.1) is 12.0 Å². The van der Waals surface area contributed by atoms with E-state index in [0.29, 0.717) is 0 Å². The molecule has 1 aromatic rings. The SMILES string of the molecule is COS(=O)(=O)c1ccccc1S(=O)(=O)[O-].[Li+]. The Hall–Kier alpha value is -0.363. The molecule has 0 bridgehead atoms. The summed E-state index contributed by atoms with van der Waals surface area (Å²) in [6.45, 7) is 0. The second-order valence-corrected chi connectivity index (χ2v) is 5.55. The van der Waals surface area contributed by atoms with Crippen molar-refractivity contribution in [2.24, 2.45) is 0 Å². The van der Waals surface area contributed by atoms with Gasteiger partial charge in [-0.05, 0) is 12.1 Å². The molecule has 6 nitrogen and oxygen atoms in total. The van der Waals surface area contributed by atoms with Crippen molar-refractivity contribution in [3.05, 3.63) is 24.3 Å². The van der Waals surface area contributed by atoms with Crippen LogP contribution in [0.4, 0.5) is 0 Å². The fourth-order valence-electron chi connectivity index (χ4n) is 0.953. The molecule has 0 heterocycles. The molecule has 0 saturated heterocycles. The van der Waals surface area contributed by atoms with Crippen molar-refractivity contribution in [2.45, 2.75) is 9.79 Å². The van der Waals surface area contributed by atoms with Crippen LogP contribution in [0, 0.1) is 0 Å². The summed E-state index contributed by atoms with van der Waals surface area (Å²) in [6, 6.07) is 4.44. The first kappa shape index (κ1) is 15.6. The number of benzene rings is 1. The average molecular weight is 258 g/mol. The van der Waals surface area contributed by atoms with E-state index in [1.165, 1.54) is 12.1 Å². The molecule has 0 aromatic heterocycles. The first-order valence-electron chi connectivity index (χ1n) is 3.64. The zero-order chi connectivity index (χ0) is 11.7. The van der Waals surface area contributed by atoms with Crippen molar-refractivity contribution < 1.29 is 44.4 Å². The predicted octanol–water partition coefficient (Wildman–Crippen LogP) is -3.07. The van der Waals surface area contributed by atoms with E-state index in [9.17, 15) is 21.4 Å². The third-order valence-electron chi connectivity index (χ3n) is 1.61. The number of rotatable bonds is 3. The fraction of sp³-hybridized carbons (Fsp3) is 0.143. The van der Waals surface area contributed by atoms with Gasteiger partial charge in [-0.2, -0.15) is 8.42 Å². The van der Waals surface area contributed by atoms with Crippen LogP contribution in [0.3, 0.4) is 0 Å². The van der Waals surface area contributed by atoms with Crippen LogP contribution in [-0.4, -0.2) is 28.5 Å². The Bertz CT molecular complexity index is 562. The monoisotopic (exact) mass is 258 g/mol. The molecule has 0 atom stereocenters. The summed E-state index contributed by atoms with van der Waals surface area (Å²) in [6.07, 6.45) is 0. The zero-order valence-electron chi connectivity index (χ0n) is 8.58. The van der Waals surface area contributed by atoms with Gasteiger partial charge < -0.3 is 4.55 Å². The summed E-state index contributed by atoms with van der Waals surface area (Å²) in [4.78, 5) is -1.46. The van der Waals surface area contributed by atoms with Gasteiger partial charge in [0, 0.05) is 0 Å². The van der Waals surface area contributed by atoms with Crippen molar-refractivity contribution in [3.8, 4) is 0 Å². The smallest absolute Gasteiger partial charge is 0.744 e. The summed E-state index contributed by atoms with van der Waals surface area (Å²) in [5.41, 5.74) is 0. The second kappa shape index (κ2) is 5.31. The van der Waals surface area contributed by atoms with E-state index < -0.39 is 30.0 Å². The van der Waals surface area contributed by atoms with Crippen LogP contribution in [0.2, 0.25) is 0 Å². The summed E-state index contributed by atoms with van der Waals surface area (Å²) in [7, 11) is -8.15. The maximum Gasteiger partial charge on any atom is 1.00 e. The van der Waals surface area contributed by atoms with Crippen LogP contribution >= 0.6 is 0 Å².